The quantitative estimate of drug-likeness (QED) is 0.150. The van der Waals surface area contributed by atoms with Gasteiger partial charge in [-0.2, -0.15) is 0 Å². The van der Waals surface area contributed by atoms with E-state index in [1.165, 1.54) is 76.8 Å². The topological polar surface area (TPSA) is 3.24 Å². The molecule has 0 N–H and O–H groups in total. The van der Waals surface area contributed by atoms with E-state index in [4.69, 9.17) is 0 Å². The first-order valence-electron chi connectivity index (χ1n) is 18.9. The van der Waals surface area contributed by atoms with Crippen LogP contribution in [-0.4, -0.2) is 0 Å². The Morgan fingerprint density at radius 2 is 0.673 bits per heavy atom. The molecule has 0 saturated carbocycles. The molecule has 0 heterocycles. The van der Waals surface area contributed by atoms with E-state index in [0.29, 0.717) is 0 Å². The maximum atomic E-state index is 2.42. The third kappa shape index (κ3) is 5.93. The molecule has 0 bridgehead atoms. The number of benzene rings is 10. The predicted octanol–water partition coefficient (Wildman–Crippen LogP) is 15.3. The maximum absolute atomic E-state index is 2.42. The molecule has 258 valence electrons. The van der Waals surface area contributed by atoms with Gasteiger partial charge in [0.05, 0.1) is 5.69 Å². The second-order valence-electron chi connectivity index (χ2n) is 14.1. The molecule has 1 heteroatoms. The van der Waals surface area contributed by atoms with Gasteiger partial charge in [0.1, 0.15) is 0 Å². The summed E-state index contributed by atoms with van der Waals surface area (Å²) in [6.07, 6.45) is 0. The normalized spacial score (nSPS) is 11.3. The molecule has 10 aromatic rings. The van der Waals surface area contributed by atoms with E-state index in [2.05, 4.69) is 229 Å². The van der Waals surface area contributed by atoms with Crippen LogP contribution in [0.15, 0.2) is 224 Å². The van der Waals surface area contributed by atoms with E-state index in [-0.39, 0.29) is 0 Å². The van der Waals surface area contributed by atoms with Crippen LogP contribution in [0.5, 0.6) is 0 Å². The number of rotatable bonds is 7. The zero-order valence-corrected chi connectivity index (χ0v) is 30.3. The smallest absolute Gasteiger partial charge is 0.0546 e. The van der Waals surface area contributed by atoms with Crippen molar-refractivity contribution in [2.24, 2.45) is 0 Å². The third-order valence-electron chi connectivity index (χ3n) is 10.9. The molecule has 0 aromatic heterocycles. The van der Waals surface area contributed by atoms with Crippen molar-refractivity contribution in [2.45, 2.75) is 0 Å². The van der Waals surface area contributed by atoms with Crippen molar-refractivity contribution in [1.82, 2.24) is 0 Å². The van der Waals surface area contributed by atoms with Crippen LogP contribution in [0.4, 0.5) is 17.1 Å². The lowest BCUT2D eigenvalue weighted by molar-refractivity contribution is 1.31. The Kier molecular flexibility index (Phi) is 8.24. The monoisotopic (exact) mass is 699 g/mol. The second kappa shape index (κ2) is 14.0. The van der Waals surface area contributed by atoms with E-state index in [1.54, 1.807) is 0 Å². The standard InChI is InChI=1S/C54H37N/c1-2-17-39(18-3-1)45-21-8-10-24-48(45)51-27-12-13-28-52(51)49-25-11-9-22-46(49)40-31-33-43(34-32-40)55(44-35-30-38-16-4-5-19-41(38)36-44)54-37-42-20-6-7-23-47(42)50-26-14-15-29-53(50)54/h1-37H. The minimum atomic E-state index is 1.11. The number of nitrogens with zero attached hydrogens (tertiary/aromatic N) is 1. The van der Waals surface area contributed by atoms with Crippen LogP contribution < -0.4 is 4.90 Å². The van der Waals surface area contributed by atoms with Gasteiger partial charge >= 0.3 is 0 Å². The van der Waals surface area contributed by atoms with Gasteiger partial charge in [-0.05, 0) is 102 Å². The van der Waals surface area contributed by atoms with Gasteiger partial charge in [0, 0.05) is 16.8 Å². The molecule has 0 atom stereocenters. The summed E-state index contributed by atoms with van der Waals surface area (Å²) in [6.45, 7) is 0. The lowest BCUT2D eigenvalue weighted by atomic mass is 9.87. The highest BCUT2D eigenvalue weighted by molar-refractivity contribution is 6.14. The Hall–Kier alpha value is -7.22. The van der Waals surface area contributed by atoms with Crippen molar-refractivity contribution in [3.05, 3.63) is 224 Å². The molecule has 10 rings (SSSR count). The maximum Gasteiger partial charge on any atom is 0.0546 e. The highest BCUT2D eigenvalue weighted by Crippen LogP contribution is 2.45. The summed E-state index contributed by atoms with van der Waals surface area (Å²) in [7, 11) is 0. The first kappa shape index (κ1) is 32.4. The van der Waals surface area contributed by atoms with Gasteiger partial charge in [-0.3, -0.25) is 0 Å². The summed E-state index contributed by atoms with van der Waals surface area (Å²) in [5.74, 6) is 0. The molecule has 0 radical (unpaired) electrons. The molecule has 55 heavy (non-hydrogen) atoms. The van der Waals surface area contributed by atoms with Crippen molar-refractivity contribution in [3.8, 4) is 44.5 Å². The van der Waals surface area contributed by atoms with Crippen molar-refractivity contribution in [2.75, 3.05) is 4.90 Å². The molecule has 0 unspecified atom stereocenters. The Bertz CT molecular complexity index is 2980. The zero-order chi connectivity index (χ0) is 36.6. The lowest BCUT2D eigenvalue weighted by Gasteiger charge is -2.28. The fourth-order valence-electron chi connectivity index (χ4n) is 8.26. The molecular weight excluding hydrogens is 663 g/mol. The van der Waals surface area contributed by atoms with Gasteiger partial charge in [0.25, 0.3) is 0 Å². The van der Waals surface area contributed by atoms with Gasteiger partial charge in [-0.25, -0.2) is 0 Å². The molecule has 0 aliphatic heterocycles. The van der Waals surface area contributed by atoms with E-state index in [0.717, 1.165) is 17.1 Å². The Morgan fingerprint density at radius 3 is 1.31 bits per heavy atom. The van der Waals surface area contributed by atoms with Crippen LogP contribution >= 0.6 is 0 Å². The summed E-state index contributed by atoms with van der Waals surface area (Å²) < 4.78 is 0. The van der Waals surface area contributed by atoms with Crippen LogP contribution in [0, 0.1) is 0 Å². The van der Waals surface area contributed by atoms with Gasteiger partial charge < -0.3 is 4.90 Å². The van der Waals surface area contributed by atoms with Gasteiger partial charge in [0.15, 0.2) is 0 Å². The molecule has 0 spiro atoms. The number of hydrogen-bond acceptors (Lipinski definition) is 1. The molecule has 0 saturated heterocycles. The van der Waals surface area contributed by atoms with Crippen LogP contribution in [0.25, 0.3) is 76.8 Å². The van der Waals surface area contributed by atoms with Crippen LogP contribution in [0.1, 0.15) is 0 Å². The van der Waals surface area contributed by atoms with Gasteiger partial charge in [-0.15, -0.1) is 0 Å². The molecule has 0 amide bonds. The molecule has 1 nitrogen and oxygen atoms in total. The number of anilines is 3. The number of fused-ring (bicyclic) bond motifs is 4. The molecule has 0 aliphatic rings. The van der Waals surface area contributed by atoms with E-state index >= 15 is 0 Å². The van der Waals surface area contributed by atoms with Crippen LogP contribution in [0.3, 0.4) is 0 Å². The Labute approximate surface area is 322 Å². The minimum Gasteiger partial charge on any atom is -0.310 e. The third-order valence-corrected chi connectivity index (χ3v) is 10.9. The summed E-state index contributed by atoms with van der Waals surface area (Å²) >= 11 is 0. The fourth-order valence-corrected chi connectivity index (χ4v) is 8.26. The molecule has 10 aromatic carbocycles. The fraction of sp³-hybridized carbons (Fsp3) is 0. The largest absolute Gasteiger partial charge is 0.310 e. The van der Waals surface area contributed by atoms with Crippen molar-refractivity contribution in [1.29, 1.82) is 0 Å². The van der Waals surface area contributed by atoms with Crippen molar-refractivity contribution in [3.63, 3.8) is 0 Å². The summed E-state index contributed by atoms with van der Waals surface area (Å²) in [5, 5.41) is 7.40. The average Bonchev–Trinajstić information content (AvgIpc) is 3.27. The molecule has 0 fully saturated rings. The number of hydrogen-bond donors (Lipinski definition) is 0. The highest BCUT2D eigenvalue weighted by Gasteiger charge is 2.19. The van der Waals surface area contributed by atoms with E-state index < -0.39 is 0 Å². The highest BCUT2D eigenvalue weighted by atomic mass is 15.1. The summed E-state index contributed by atoms with van der Waals surface area (Å²) in [5.41, 5.74) is 13.1. The van der Waals surface area contributed by atoms with Crippen LogP contribution in [0.2, 0.25) is 0 Å². The van der Waals surface area contributed by atoms with Gasteiger partial charge in [-0.1, -0.05) is 194 Å². The molecule has 0 aliphatic carbocycles. The minimum absolute atomic E-state index is 1.11. The van der Waals surface area contributed by atoms with Crippen molar-refractivity contribution >= 4 is 49.4 Å². The summed E-state index contributed by atoms with van der Waals surface area (Å²) in [4.78, 5) is 2.42. The van der Waals surface area contributed by atoms with Crippen LogP contribution in [-0.2, 0) is 0 Å². The van der Waals surface area contributed by atoms with Crippen molar-refractivity contribution < 1.29 is 0 Å². The van der Waals surface area contributed by atoms with E-state index in [1.807, 2.05) is 0 Å². The Balaban J connectivity index is 1.12. The first-order chi connectivity index (χ1) is 27.3. The second-order valence-corrected chi connectivity index (χ2v) is 14.1. The van der Waals surface area contributed by atoms with Gasteiger partial charge in [0.2, 0.25) is 0 Å². The predicted molar refractivity (Wildman–Crippen MR) is 235 cm³/mol. The zero-order valence-electron chi connectivity index (χ0n) is 30.3. The SMILES string of the molecule is c1ccc(-c2ccccc2-c2ccccc2-c2ccccc2-c2ccc(N(c3ccc4ccccc4c3)c3cc4ccccc4c4ccccc34)cc2)cc1. The average molecular weight is 700 g/mol. The van der Waals surface area contributed by atoms with E-state index in [9.17, 15) is 0 Å². The summed E-state index contributed by atoms with van der Waals surface area (Å²) in [6, 6.07) is 81.4. The Morgan fingerprint density at radius 1 is 0.236 bits per heavy atom. The molecular formula is C54H37N. The lowest BCUT2D eigenvalue weighted by Crippen LogP contribution is -2.10. The first-order valence-corrected chi connectivity index (χ1v) is 18.9.